The van der Waals surface area contributed by atoms with Gasteiger partial charge in [0.1, 0.15) is 6.33 Å². The molecule has 4 rings (SSSR count). The SMILES string of the molecule is Nc1cc(-n2cnc3ccc(Br)cc32)ccc1-c1ccccc1. The van der Waals surface area contributed by atoms with Crippen molar-refractivity contribution < 1.29 is 0 Å². The Hall–Kier alpha value is -2.59. The highest BCUT2D eigenvalue weighted by molar-refractivity contribution is 9.10. The second-order valence-electron chi connectivity index (χ2n) is 5.39. The van der Waals surface area contributed by atoms with Crippen molar-refractivity contribution in [1.82, 2.24) is 9.55 Å². The summed E-state index contributed by atoms with van der Waals surface area (Å²) >= 11 is 3.51. The van der Waals surface area contributed by atoms with Gasteiger partial charge in [-0.15, -0.1) is 0 Å². The van der Waals surface area contributed by atoms with Crippen LogP contribution in [0.1, 0.15) is 0 Å². The van der Waals surface area contributed by atoms with Crippen molar-refractivity contribution in [2.75, 3.05) is 5.73 Å². The van der Waals surface area contributed by atoms with Crippen molar-refractivity contribution in [1.29, 1.82) is 0 Å². The van der Waals surface area contributed by atoms with Crippen LogP contribution in [0.5, 0.6) is 0 Å². The van der Waals surface area contributed by atoms with E-state index in [0.29, 0.717) is 0 Å². The van der Waals surface area contributed by atoms with E-state index in [1.54, 1.807) is 0 Å². The molecule has 0 amide bonds. The van der Waals surface area contributed by atoms with Crippen LogP contribution < -0.4 is 5.73 Å². The molecule has 4 heteroatoms. The molecular weight excluding hydrogens is 350 g/mol. The van der Waals surface area contributed by atoms with Crippen LogP contribution in [0.25, 0.3) is 27.8 Å². The fourth-order valence-electron chi connectivity index (χ4n) is 2.77. The third-order valence-corrected chi connectivity index (χ3v) is 4.40. The standard InChI is InChI=1S/C19H14BrN3/c20-14-6-9-18-19(10-14)23(12-22-18)15-7-8-16(17(21)11-15)13-4-2-1-3-5-13/h1-12H,21H2. The van der Waals surface area contributed by atoms with Gasteiger partial charge >= 0.3 is 0 Å². The smallest absolute Gasteiger partial charge is 0.100 e. The van der Waals surface area contributed by atoms with Crippen molar-refractivity contribution in [3.63, 3.8) is 0 Å². The van der Waals surface area contributed by atoms with E-state index < -0.39 is 0 Å². The molecule has 0 aliphatic heterocycles. The molecule has 0 spiro atoms. The molecule has 0 radical (unpaired) electrons. The van der Waals surface area contributed by atoms with Gasteiger partial charge in [-0.05, 0) is 35.9 Å². The Labute approximate surface area is 142 Å². The number of halogens is 1. The zero-order chi connectivity index (χ0) is 15.8. The highest BCUT2D eigenvalue weighted by atomic mass is 79.9. The van der Waals surface area contributed by atoms with Crippen molar-refractivity contribution >= 4 is 32.7 Å². The lowest BCUT2D eigenvalue weighted by Crippen LogP contribution is -1.96. The van der Waals surface area contributed by atoms with Gasteiger partial charge in [-0.25, -0.2) is 4.98 Å². The van der Waals surface area contributed by atoms with Crippen molar-refractivity contribution in [2.24, 2.45) is 0 Å². The Morgan fingerprint density at radius 2 is 1.74 bits per heavy atom. The Morgan fingerprint density at radius 1 is 0.913 bits per heavy atom. The Balaban J connectivity index is 1.84. The minimum Gasteiger partial charge on any atom is -0.398 e. The summed E-state index contributed by atoms with van der Waals surface area (Å²) in [5.41, 5.74) is 12.2. The lowest BCUT2D eigenvalue weighted by molar-refractivity contribution is 1.09. The quantitative estimate of drug-likeness (QED) is 0.507. The predicted octanol–water partition coefficient (Wildman–Crippen LogP) is 5.04. The van der Waals surface area contributed by atoms with Crippen molar-refractivity contribution in [2.45, 2.75) is 0 Å². The van der Waals surface area contributed by atoms with Crippen LogP contribution in [0.15, 0.2) is 77.5 Å². The van der Waals surface area contributed by atoms with Gasteiger partial charge in [-0.3, -0.25) is 4.57 Å². The van der Waals surface area contributed by atoms with E-state index >= 15 is 0 Å². The van der Waals surface area contributed by atoms with Crippen LogP contribution in [-0.2, 0) is 0 Å². The van der Waals surface area contributed by atoms with E-state index in [2.05, 4.69) is 51.2 Å². The minimum absolute atomic E-state index is 0.755. The number of nitrogens with zero attached hydrogens (tertiary/aromatic N) is 2. The topological polar surface area (TPSA) is 43.8 Å². The van der Waals surface area contributed by atoms with Gasteiger partial charge in [0.2, 0.25) is 0 Å². The van der Waals surface area contributed by atoms with Crippen LogP contribution in [-0.4, -0.2) is 9.55 Å². The summed E-state index contributed by atoms with van der Waals surface area (Å²) in [6, 6.07) is 22.3. The second kappa shape index (κ2) is 5.56. The largest absolute Gasteiger partial charge is 0.398 e. The first-order valence-corrected chi connectivity index (χ1v) is 8.09. The number of hydrogen-bond acceptors (Lipinski definition) is 2. The third kappa shape index (κ3) is 2.51. The number of hydrogen-bond donors (Lipinski definition) is 1. The number of aromatic nitrogens is 2. The average molecular weight is 364 g/mol. The summed E-state index contributed by atoms with van der Waals surface area (Å²) in [6.07, 6.45) is 1.83. The monoisotopic (exact) mass is 363 g/mol. The molecule has 4 aromatic rings. The predicted molar refractivity (Wildman–Crippen MR) is 98.6 cm³/mol. The molecule has 0 bridgehead atoms. The average Bonchev–Trinajstić information content (AvgIpc) is 2.98. The third-order valence-electron chi connectivity index (χ3n) is 3.91. The molecule has 23 heavy (non-hydrogen) atoms. The first-order valence-electron chi connectivity index (χ1n) is 7.30. The molecule has 0 saturated heterocycles. The maximum Gasteiger partial charge on any atom is 0.100 e. The fraction of sp³-hybridized carbons (Fsp3) is 0. The molecule has 3 nitrogen and oxygen atoms in total. The van der Waals surface area contributed by atoms with Gasteiger partial charge in [-0.2, -0.15) is 0 Å². The van der Waals surface area contributed by atoms with Gasteiger partial charge in [-0.1, -0.05) is 52.3 Å². The van der Waals surface area contributed by atoms with E-state index in [4.69, 9.17) is 5.73 Å². The molecule has 1 heterocycles. The number of rotatable bonds is 2. The van der Waals surface area contributed by atoms with Gasteiger partial charge < -0.3 is 5.73 Å². The minimum atomic E-state index is 0.755. The van der Waals surface area contributed by atoms with Crippen molar-refractivity contribution in [3.8, 4) is 16.8 Å². The molecule has 1 aromatic heterocycles. The first kappa shape index (κ1) is 14.0. The van der Waals surface area contributed by atoms with Crippen LogP contribution in [0, 0.1) is 0 Å². The Bertz CT molecular complexity index is 990. The number of nitrogen functional groups attached to an aromatic ring is 1. The lowest BCUT2D eigenvalue weighted by Gasteiger charge is -2.10. The van der Waals surface area contributed by atoms with E-state index in [9.17, 15) is 0 Å². The van der Waals surface area contributed by atoms with E-state index in [1.807, 2.05) is 47.3 Å². The summed E-state index contributed by atoms with van der Waals surface area (Å²) in [5.74, 6) is 0. The summed E-state index contributed by atoms with van der Waals surface area (Å²) in [7, 11) is 0. The van der Waals surface area contributed by atoms with E-state index in [1.165, 1.54) is 0 Å². The van der Waals surface area contributed by atoms with E-state index in [0.717, 1.165) is 38.0 Å². The number of nitrogens with two attached hydrogens (primary N) is 1. The molecular formula is C19H14BrN3. The molecule has 0 saturated carbocycles. The van der Waals surface area contributed by atoms with Gasteiger partial charge in [0.15, 0.2) is 0 Å². The molecule has 0 aliphatic rings. The molecule has 0 unspecified atom stereocenters. The van der Waals surface area contributed by atoms with Crippen LogP contribution >= 0.6 is 15.9 Å². The molecule has 0 fully saturated rings. The van der Waals surface area contributed by atoms with Crippen LogP contribution in [0.4, 0.5) is 5.69 Å². The molecule has 112 valence electrons. The number of anilines is 1. The highest BCUT2D eigenvalue weighted by Gasteiger charge is 2.08. The second-order valence-corrected chi connectivity index (χ2v) is 6.30. The number of fused-ring (bicyclic) bond motifs is 1. The summed E-state index contributed by atoms with van der Waals surface area (Å²) in [5, 5.41) is 0. The molecule has 2 N–H and O–H groups in total. The first-order chi connectivity index (χ1) is 11.2. The lowest BCUT2D eigenvalue weighted by atomic mass is 10.0. The molecule has 0 atom stereocenters. The van der Waals surface area contributed by atoms with Crippen molar-refractivity contribution in [3.05, 3.63) is 77.5 Å². The fourth-order valence-corrected chi connectivity index (χ4v) is 3.12. The summed E-state index contributed by atoms with van der Waals surface area (Å²) in [6.45, 7) is 0. The van der Waals surface area contributed by atoms with Gasteiger partial charge in [0.05, 0.1) is 11.0 Å². The summed E-state index contributed by atoms with van der Waals surface area (Å²) < 4.78 is 3.08. The Morgan fingerprint density at radius 3 is 2.52 bits per heavy atom. The molecule has 3 aromatic carbocycles. The van der Waals surface area contributed by atoms with Gasteiger partial charge in [0.25, 0.3) is 0 Å². The zero-order valence-corrected chi connectivity index (χ0v) is 13.9. The number of imidazole rings is 1. The van der Waals surface area contributed by atoms with E-state index in [-0.39, 0.29) is 0 Å². The molecule has 0 aliphatic carbocycles. The number of benzene rings is 3. The highest BCUT2D eigenvalue weighted by Crippen LogP contribution is 2.29. The Kier molecular flexibility index (Phi) is 3.39. The van der Waals surface area contributed by atoms with Gasteiger partial charge in [0, 0.05) is 21.4 Å². The zero-order valence-electron chi connectivity index (χ0n) is 12.3. The normalized spacial score (nSPS) is 11.0. The maximum absolute atomic E-state index is 6.29. The van der Waals surface area contributed by atoms with Crippen LogP contribution in [0.3, 0.4) is 0 Å². The van der Waals surface area contributed by atoms with Crippen LogP contribution in [0.2, 0.25) is 0 Å². The summed E-state index contributed by atoms with van der Waals surface area (Å²) in [4.78, 5) is 4.45. The maximum atomic E-state index is 6.29.